The summed E-state index contributed by atoms with van der Waals surface area (Å²) in [5.41, 5.74) is 2.25. The van der Waals surface area contributed by atoms with Gasteiger partial charge in [0.2, 0.25) is 0 Å². The van der Waals surface area contributed by atoms with E-state index in [0.29, 0.717) is 41.6 Å². The SMILES string of the molecule is Cc1nc(-c2c(C)noc2C)cc(C2CCCN2C(=O)c2c(F)cccc2F)n1. The highest BCUT2D eigenvalue weighted by Crippen LogP contribution is 2.35. The van der Waals surface area contributed by atoms with Gasteiger partial charge in [0.15, 0.2) is 0 Å². The molecule has 3 heterocycles. The quantitative estimate of drug-likeness (QED) is 0.657. The molecule has 1 aliphatic heterocycles. The molecule has 1 aromatic carbocycles. The zero-order chi connectivity index (χ0) is 20.7. The lowest BCUT2D eigenvalue weighted by molar-refractivity contribution is 0.0722. The molecule has 150 valence electrons. The van der Waals surface area contributed by atoms with Crippen LogP contribution in [0.15, 0.2) is 28.8 Å². The second-order valence-electron chi connectivity index (χ2n) is 7.18. The molecule has 0 bridgehead atoms. The predicted octanol–water partition coefficient (Wildman–Crippen LogP) is 4.31. The first-order chi connectivity index (χ1) is 13.9. The van der Waals surface area contributed by atoms with Crippen molar-refractivity contribution < 1.29 is 18.1 Å². The van der Waals surface area contributed by atoms with Crippen LogP contribution in [0.25, 0.3) is 11.3 Å². The molecule has 3 aromatic rings. The number of amides is 1. The summed E-state index contributed by atoms with van der Waals surface area (Å²) in [6.45, 7) is 5.80. The summed E-state index contributed by atoms with van der Waals surface area (Å²) < 4.78 is 33.6. The minimum Gasteiger partial charge on any atom is -0.361 e. The molecule has 1 saturated heterocycles. The molecule has 4 rings (SSSR count). The van der Waals surface area contributed by atoms with Crippen molar-refractivity contribution in [3.05, 3.63) is 64.4 Å². The fourth-order valence-electron chi connectivity index (χ4n) is 3.90. The molecule has 0 N–H and O–H groups in total. The Bertz CT molecular complexity index is 1060. The summed E-state index contributed by atoms with van der Waals surface area (Å²) >= 11 is 0. The topological polar surface area (TPSA) is 72.1 Å². The lowest BCUT2D eigenvalue weighted by Gasteiger charge is -2.25. The van der Waals surface area contributed by atoms with Crippen LogP contribution in [0.1, 0.15) is 52.2 Å². The van der Waals surface area contributed by atoms with Crippen molar-refractivity contribution in [2.24, 2.45) is 0 Å². The van der Waals surface area contributed by atoms with E-state index in [0.717, 1.165) is 24.1 Å². The van der Waals surface area contributed by atoms with Crippen LogP contribution in [0.2, 0.25) is 0 Å². The first-order valence-corrected chi connectivity index (χ1v) is 9.40. The van der Waals surface area contributed by atoms with Gasteiger partial charge >= 0.3 is 0 Å². The first-order valence-electron chi connectivity index (χ1n) is 9.40. The van der Waals surface area contributed by atoms with Crippen molar-refractivity contribution in [3.8, 4) is 11.3 Å². The van der Waals surface area contributed by atoms with Gasteiger partial charge in [-0.05, 0) is 51.8 Å². The Morgan fingerprint density at radius 1 is 1.17 bits per heavy atom. The number of rotatable bonds is 3. The molecule has 0 saturated carbocycles. The molecule has 29 heavy (non-hydrogen) atoms. The maximum absolute atomic E-state index is 14.2. The second kappa shape index (κ2) is 7.35. The molecule has 1 fully saturated rings. The summed E-state index contributed by atoms with van der Waals surface area (Å²) in [5, 5.41) is 3.97. The summed E-state index contributed by atoms with van der Waals surface area (Å²) in [6, 6.07) is 4.83. The van der Waals surface area contributed by atoms with E-state index >= 15 is 0 Å². The number of hydrogen-bond donors (Lipinski definition) is 0. The van der Waals surface area contributed by atoms with Gasteiger partial charge in [-0.1, -0.05) is 11.2 Å². The Morgan fingerprint density at radius 2 is 1.90 bits per heavy atom. The maximum Gasteiger partial charge on any atom is 0.260 e. The van der Waals surface area contributed by atoms with E-state index in [1.54, 1.807) is 19.9 Å². The van der Waals surface area contributed by atoms with E-state index in [2.05, 4.69) is 15.1 Å². The highest BCUT2D eigenvalue weighted by Gasteiger charge is 2.34. The molecule has 8 heteroatoms. The standard InChI is InChI=1S/C21H20F2N4O2/c1-11-19(12(2)29-26-11)17-10-16(24-13(3)25-17)18-8-5-9-27(18)21(28)20-14(22)6-4-7-15(20)23/h4,6-7,10,18H,5,8-9H2,1-3H3. The Hall–Kier alpha value is -3.16. The molecule has 1 aliphatic rings. The van der Waals surface area contributed by atoms with Crippen LogP contribution in [-0.4, -0.2) is 32.5 Å². The van der Waals surface area contributed by atoms with E-state index in [1.807, 2.05) is 6.92 Å². The van der Waals surface area contributed by atoms with Crippen molar-refractivity contribution in [1.29, 1.82) is 0 Å². The monoisotopic (exact) mass is 398 g/mol. The van der Waals surface area contributed by atoms with Crippen molar-refractivity contribution in [1.82, 2.24) is 20.0 Å². The molecule has 1 amide bonds. The van der Waals surface area contributed by atoms with Crippen LogP contribution >= 0.6 is 0 Å². The van der Waals surface area contributed by atoms with Gasteiger partial charge in [0, 0.05) is 6.54 Å². The molecule has 0 spiro atoms. The number of carbonyl (C=O) groups is 1. The molecule has 6 nitrogen and oxygen atoms in total. The van der Waals surface area contributed by atoms with E-state index in [-0.39, 0.29) is 6.04 Å². The van der Waals surface area contributed by atoms with Gasteiger partial charge in [0.05, 0.1) is 28.7 Å². The van der Waals surface area contributed by atoms with E-state index in [4.69, 9.17) is 4.52 Å². The van der Waals surface area contributed by atoms with Gasteiger partial charge in [-0.25, -0.2) is 18.7 Å². The van der Waals surface area contributed by atoms with Crippen LogP contribution in [0.3, 0.4) is 0 Å². The van der Waals surface area contributed by atoms with Crippen LogP contribution in [0, 0.1) is 32.4 Å². The fraction of sp³-hybridized carbons (Fsp3) is 0.333. The van der Waals surface area contributed by atoms with Crippen LogP contribution in [0.5, 0.6) is 0 Å². The Balaban J connectivity index is 1.74. The molecule has 1 unspecified atom stereocenters. The van der Waals surface area contributed by atoms with E-state index in [9.17, 15) is 13.6 Å². The number of carbonyl (C=O) groups excluding carboxylic acids is 1. The molecule has 1 atom stereocenters. The Labute approximate surface area is 166 Å². The second-order valence-corrected chi connectivity index (χ2v) is 7.18. The van der Waals surface area contributed by atoms with Crippen molar-refractivity contribution >= 4 is 5.91 Å². The lowest BCUT2D eigenvalue weighted by Crippen LogP contribution is -2.32. The summed E-state index contributed by atoms with van der Waals surface area (Å²) in [5.74, 6) is -1.22. The third-order valence-corrected chi connectivity index (χ3v) is 5.18. The Morgan fingerprint density at radius 3 is 2.55 bits per heavy atom. The number of aromatic nitrogens is 3. The third kappa shape index (κ3) is 3.39. The summed E-state index contributed by atoms with van der Waals surface area (Å²) in [6.07, 6.45) is 1.37. The molecular weight excluding hydrogens is 378 g/mol. The van der Waals surface area contributed by atoms with Gasteiger partial charge < -0.3 is 9.42 Å². The number of nitrogens with zero attached hydrogens (tertiary/aromatic N) is 4. The number of likely N-dealkylation sites (tertiary alicyclic amines) is 1. The van der Waals surface area contributed by atoms with E-state index < -0.39 is 23.1 Å². The van der Waals surface area contributed by atoms with Crippen LogP contribution in [0.4, 0.5) is 8.78 Å². The molecule has 0 aliphatic carbocycles. The minimum absolute atomic E-state index is 0.387. The Kier molecular flexibility index (Phi) is 4.86. The number of benzene rings is 1. The molecule has 2 aromatic heterocycles. The lowest BCUT2D eigenvalue weighted by atomic mass is 10.0. The van der Waals surface area contributed by atoms with Crippen molar-refractivity contribution in [3.63, 3.8) is 0 Å². The number of aryl methyl sites for hydroxylation is 3. The van der Waals surface area contributed by atoms with Gasteiger partial charge in [0.25, 0.3) is 5.91 Å². The number of hydrogen-bond acceptors (Lipinski definition) is 5. The zero-order valence-corrected chi connectivity index (χ0v) is 16.4. The first kappa shape index (κ1) is 19.2. The predicted molar refractivity (Wildman–Crippen MR) is 101 cm³/mol. The van der Waals surface area contributed by atoms with Crippen LogP contribution in [-0.2, 0) is 0 Å². The van der Waals surface area contributed by atoms with Crippen LogP contribution < -0.4 is 0 Å². The van der Waals surface area contributed by atoms with Gasteiger partial charge in [-0.3, -0.25) is 4.79 Å². The van der Waals surface area contributed by atoms with E-state index in [1.165, 1.54) is 11.0 Å². The molecular formula is C21H20F2N4O2. The maximum atomic E-state index is 14.2. The summed E-state index contributed by atoms with van der Waals surface area (Å²) in [7, 11) is 0. The highest BCUT2D eigenvalue weighted by atomic mass is 19.1. The minimum atomic E-state index is -0.865. The fourth-order valence-corrected chi connectivity index (χ4v) is 3.90. The van der Waals surface area contributed by atoms with Gasteiger partial charge in [-0.15, -0.1) is 0 Å². The zero-order valence-electron chi connectivity index (χ0n) is 16.4. The number of halogens is 2. The van der Waals surface area contributed by atoms with Gasteiger partial charge in [0.1, 0.15) is 28.8 Å². The average Bonchev–Trinajstić information content (AvgIpc) is 3.28. The normalized spacial score (nSPS) is 16.4. The average molecular weight is 398 g/mol. The molecule has 0 radical (unpaired) electrons. The van der Waals surface area contributed by atoms with Crippen molar-refractivity contribution in [2.45, 2.75) is 39.7 Å². The van der Waals surface area contributed by atoms with Crippen molar-refractivity contribution in [2.75, 3.05) is 6.54 Å². The highest BCUT2D eigenvalue weighted by molar-refractivity contribution is 5.95. The largest absolute Gasteiger partial charge is 0.361 e. The summed E-state index contributed by atoms with van der Waals surface area (Å²) in [4.78, 5) is 23.4. The smallest absolute Gasteiger partial charge is 0.260 e. The van der Waals surface area contributed by atoms with Gasteiger partial charge in [-0.2, -0.15) is 0 Å². The third-order valence-electron chi connectivity index (χ3n) is 5.18.